The van der Waals surface area contributed by atoms with Gasteiger partial charge in [-0.05, 0) is 76.1 Å². The summed E-state index contributed by atoms with van der Waals surface area (Å²) in [4.78, 5) is 24.9. The lowest BCUT2D eigenvalue weighted by molar-refractivity contribution is -0.112. The molecular formula is C24H16BrClN2O4. The van der Waals surface area contributed by atoms with Crippen LogP contribution in [0.25, 0.3) is 6.08 Å². The van der Waals surface area contributed by atoms with Gasteiger partial charge in [0.2, 0.25) is 0 Å². The van der Waals surface area contributed by atoms with Crippen LogP contribution in [0.4, 0.5) is 5.69 Å². The molecule has 3 aromatic rings. The van der Waals surface area contributed by atoms with E-state index in [1.165, 1.54) is 13.2 Å². The van der Waals surface area contributed by atoms with Crippen molar-refractivity contribution < 1.29 is 19.1 Å². The van der Waals surface area contributed by atoms with Crippen molar-refractivity contribution in [3.63, 3.8) is 0 Å². The molecule has 0 unspecified atom stereocenters. The van der Waals surface area contributed by atoms with Gasteiger partial charge in [-0.2, -0.15) is 5.26 Å². The van der Waals surface area contributed by atoms with Crippen LogP contribution in [-0.2, 0) is 4.79 Å². The Morgan fingerprint density at radius 2 is 1.78 bits per heavy atom. The summed E-state index contributed by atoms with van der Waals surface area (Å²) in [5, 5.41) is 12.6. The summed E-state index contributed by atoms with van der Waals surface area (Å²) in [5.41, 5.74) is 1.26. The molecule has 0 aromatic heterocycles. The van der Waals surface area contributed by atoms with Crippen LogP contribution in [0.5, 0.6) is 11.5 Å². The Kier molecular flexibility index (Phi) is 7.66. The molecule has 0 saturated heterocycles. The van der Waals surface area contributed by atoms with Crippen LogP contribution in [0.2, 0.25) is 5.02 Å². The van der Waals surface area contributed by atoms with Crippen LogP contribution >= 0.6 is 27.5 Å². The zero-order valence-corrected chi connectivity index (χ0v) is 19.1. The van der Waals surface area contributed by atoms with E-state index in [-0.39, 0.29) is 17.1 Å². The predicted octanol–water partition coefficient (Wildman–Crippen LogP) is 5.88. The summed E-state index contributed by atoms with van der Waals surface area (Å²) in [7, 11) is 1.42. The molecule has 0 aliphatic rings. The van der Waals surface area contributed by atoms with E-state index in [1.807, 2.05) is 6.07 Å². The van der Waals surface area contributed by atoms with Gasteiger partial charge in [-0.3, -0.25) is 4.79 Å². The number of hydrogen-bond acceptors (Lipinski definition) is 5. The third-order valence-corrected chi connectivity index (χ3v) is 5.08. The van der Waals surface area contributed by atoms with E-state index < -0.39 is 11.9 Å². The maximum Gasteiger partial charge on any atom is 0.343 e. The molecule has 0 spiro atoms. The third-order valence-electron chi connectivity index (χ3n) is 4.23. The number of amides is 1. The van der Waals surface area contributed by atoms with E-state index in [4.69, 9.17) is 21.1 Å². The average molecular weight is 512 g/mol. The zero-order valence-electron chi connectivity index (χ0n) is 16.8. The van der Waals surface area contributed by atoms with E-state index >= 15 is 0 Å². The van der Waals surface area contributed by atoms with E-state index in [0.29, 0.717) is 26.3 Å². The number of carbonyl (C=O) groups is 2. The highest BCUT2D eigenvalue weighted by Gasteiger charge is 2.17. The highest BCUT2D eigenvalue weighted by atomic mass is 79.9. The second kappa shape index (κ2) is 10.6. The van der Waals surface area contributed by atoms with Gasteiger partial charge < -0.3 is 14.8 Å². The van der Waals surface area contributed by atoms with Crippen molar-refractivity contribution in [1.82, 2.24) is 0 Å². The maximum atomic E-state index is 12.5. The Morgan fingerprint density at radius 3 is 2.41 bits per heavy atom. The number of nitriles is 1. The number of benzene rings is 3. The Labute approximate surface area is 198 Å². The number of halogens is 2. The zero-order chi connectivity index (χ0) is 23.1. The molecule has 0 bridgehead atoms. The molecule has 0 saturated carbocycles. The minimum absolute atomic E-state index is 0.122. The van der Waals surface area contributed by atoms with Crippen LogP contribution in [0.15, 0.2) is 76.8 Å². The van der Waals surface area contributed by atoms with Gasteiger partial charge in [0, 0.05) is 10.7 Å². The van der Waals surface area contributed by atoms with Gasteiger partial charge in [0.15, 0.2) is 11.5 Å². The van der Waals surface area contributed by atoms with Crippen molar-refractivity contribution >= 4 is 51.2 Å². The van der Waals surface area contributed by atoms with Gasteiger partial charge in [-0.25, -0.2) is 4.79 Å². The Hall–Kier alpha value is -3.60. The smallest absolute Gasteiger partial charge is 0.343 e. The Balaban J connectivity index is 1.85. The number of carbonyl (C=O) groups excluding carboxylic acids is 2. The fourth-order valence-corrected chi connectivity index (χ4v) is 3.36. The molecule has 160 valence electrons. The Bertz CT molecular complexity index is 1220. The molecule has 3 rings (SSSR count). The topological polar surface area (TPSA) is 88.4 Å². The Morgan fingerprint density at radius 1 is 1.09 bits per heavy atom. The number of hydrogen-bond donors (Lipinski definition) is 1. The monoisotopic (exact) mass is 510 g/mol. The highest BCUT2D eigenvalue weighted by Crippen LogP contribution is 2.37. The molecule has 32 heavy (non-hydrogen) atoms. The number of methoxy groups -OCH3 is 1. The van der Waals surface area contributed by atoms with Crippen LogP contribution in [0, 0.1) is 11.3 Å². The first kappa shape index (κ1) is 23.1. The molecule has 1 N–H and O–H groups in total. The molecule has 1 amide bonds. The molecule has 0 heterocycles. The average Bonchev–Trinajstić information content (AvgIpc) is 2.80. The summed E-state index contributed by atoms with van der Waals surface area (Å²) in [6.07, 6.45) is 1.40. The van der Waals surface area contributed by atoms with Crippen molar-refractivity contribution in [2.24, 2.45) is 0 Å². The fourth-order valence-electron chi connectivity index (χ4n) is 2.69. The van der Waals surface area contributed by atoms with Crippen LogP contribution in [-0.4, -0.2) is 19.0 Å². The number of nitrogens with one attached hydrogen (secondary N) is 1. The van der Waals surface area contributed by atoms with Gasteiger partial charge in [0.25, 0.3) is 5.91 Å². The van der Waals surface area contributed by atoms with Gasteiger partial charge in [0.05, 0.1) is 17.1 Å². The van der Waals surface area contributed by atoms with E-state index in [1.54, 1.807) is 66.7 Å². The lowest BCUT2D eigenvalue weighted by Crippen LogP contribution is -2.13. The summed E-state index contributed by atoms with van der Waals surface area (Å²) in [6.45, 7) is 0. The number of rotatable bonds is 6. The molecule has 0 radical (unpaired) electrons. The highest BCUT2D eigenvalue weighted by molar-refractivity contribution is 9.10. The van der Waals surface area contributed by atoms with Crippen LogP contribution in [0.3, 0.4) is 0 Å². The maximum absolute atomic E-state index is 12.5. The van der Waals surface area contributed by atoms with Crippen molar-refractivity contribution in [3.05, 3.63) is 92.9 Å². The molecule has 3 aromatic carbocycles. The van der Waals surface area contributed by atoms with E-state index in [2.05, 4.69) is 21.2 Å². The minimum Gasteiger partial charge on any atom is -0.493 e. The quantitative estimate of drug-likeness (QED) is 0.193. The standard InChI is InChI=1S/C24H16BrClN2O4/c1-31-21-13-15(11-17(14-27)23(29)28-19-9-7-18(26)8-10-19)12-20(25)22(21)32-24(30)16-5-3-2-4-6-16/h2-13H,1H3,(H,28,29)/b17-11+. The predicted molar refractivity (Wildman–Crippen MR) is 126 cm³/mol. The first-order valence-corrected chi connectivity index (χ1v) is 10.4. The molecule has 0 aliphatic carbocycles. The molecule has 0 fully saturated rings. The van der Waals surface area contributed by atoms with E-state index in [9.17, 15) is 14.9 Å². The summed E-state index contributed by atoms with van der Waals surface area (Å²) in [5.74, 6) is -0.689. The lowest BCUT2D eigenvalue weighted by atomic mass is 10.1. The number of esters is 1. The SMILES string of the molecule is COc1cc(/C=C(\C#N)C(=O)Nc2ccc(Cl)cc2)cc(Br)c1OC(=O)c1ccccc1. The van der Waals surface area contributed by atoms with Crippen molar-refractivity contribution in [1.29, 1.82) is 5.26 Å². The second-order valence-corrected chi connectivity index (χ2v) is 7.71. The molecule has 0 atom stereocenters. The largest absolute Gasteiger partial charge is 0.493 e. The van der Waals surface area contributed by atoms with E-state index in [0.717, 1.165) is 0 Å². The molecular weight excluding hydrogens is 496 g/mol. The molecule has 6 nitrogen and oxygen atoms in total. The van der Waals surface area contributed by atoms with Crippen molar-refractivity contribution in [3.8, 4) is 17.6 Å². The van der Waals surface area contributed by atoms with Crippen LogP contribution < -0.4 is 14.8 Å². The molecule has 0 aliphatic heterocycles. The third kappa shape index (κ3) is 5.76. The summed E-state index contributed by atoms with van der Waals surface area (Å²) < 4.78 is 11.3. The van der Waals surface area contributed by atoms with Crippen LogP contribution in [0.1, 0.15) is 15.9 Å². The number of anilines is 1. The normalized spacial score (nSPS) is 10.8. The first-order valence-electron chi connectivity index (χ1n) is 9.24. The van der Waals surface area contributed by atoms with Gasteiger partial charge >= 0.3 is 5.97 Å². The summed E-state index contributed by atoms with van der Waals surface area (Å²) >= 11 is 9.21. The van der Waals surface area contributed by atoms with Crippen molar-refractivity contribution in [2.75, 3.05) is 12.4 Å². The van der Waals surface area contributed by atoms with Crippen molar-refractivity contribution in [2.45, 2.75) is 0 Å². The number of ether oxygens (including phenoxy) is 2. The van der Waals surface area contributed by atoms with Gasteiger partial charge in [-0.15, -0.1) is 0 Å². The molecule has 8 heteroatoms. The van der Waals surface area contributed by atoms with Gasteiger partial charge in [-0.1, -0.05) is 29.8 Å². The minimum atomic E-state index is -0.579. The number of nitrogens with zero attached hydrogens (tertiary/aromatic N) is 1. The van der Waals surface area contributed by atoms with Gasteiger partial charge in [0.1, 0.15) is 11.6 Å². The summed E-state index contributed by atoms with van der Waals surface area (Å²) in [6, 6.07) is 20.1. The first-order chi connectivity index (χ1) is 15.4. The lowest BCUT2D eigenvalue weighted by Gasteiger charge is -2.12. The fraction of sp³-hybridized carbons (Fsp3) is 0.0417. The second-order valence-electron chi connectivity index (χ2n) is 6.42.